The van der Waals surface area contributed by atoms with E-state index in [9.17, 15) is 4.79 Å². The second-order valence-electron chi connectivity index (χ2n) is 5.98. The highest BCUT2D eigenvalue weighted by Crippen LogP contribution is 2.17. The second-order valence-corrected chi connectivity index (χ2v) is 5.98. The minimum Gasteiger partial charge on any atom is -0.445 e. The van der Waals surface area contributed by atoms with Crippen LogP contribution in [0, 0.1) is 6.92 Å². The van der Waals surface area contributed by atoms with E-state index in [0.717, 1.165) is 13.0 Å². The van der Waals surface area contributed by atoms with Gasteiger partial charge in [-0.15, -0.1) is 0 Å². The van der Waals surface area contributed by atoms with Crippen LogP contribution in [0.4, 0.5) is 5.69 Å². The van der Waals surface area contributed by atoms with Gasteiger partial charge in [0.1, 0.15) is 5.76 Å². The van der Waals surface area contributed by atoms with Gasteiger partial charge in [-0.25, -0.2) is 4.98 Å². The highest BCUT2D eigenvalue weighted by Gasteiger charge is 2.18. The number of carbonyl (C=O) groups is 1. The number of carbonyl (C=O) groups excluding carboxylic acids is 1. The molecule has 0 unspecified atom stereocenters. The van der Waals surface area contributed by atoms with Crippen molar-refractivity contribution in [2.24, 2.45) is 0 Å². The van der Waals surface area contributed by atoms with E-state index in [4.69, 9.17) is 4.42 Å². The smallest absolute Gasteiger partial charge is 0.273 e. The van der Waals surface area contributed by atoms with Gasteiger partial charge in [-0.05, 0) is 25.5 Å². The fourth-order valence-electron chi connectivity index (χ4n) is 2.29. The lowest BCUT2D eigenvalue weighted by atomic mass is 10.2. The number of hydrogen-bond donors (Lipinski definition) is 1. The van der Waals surface area contributed by atoms with Gasteiger partial charge in [0.25, 0.3) is 5.91 Å². The predicted octanol–water partition coefficient (Wildman–Crippen LogP) is 3.36. The van der Waals surface area contributed by atoms with Crippen molar-refractivity contribution in [2.75, 3.05) is 25.0 Å². The van der Waals surface area contributed by atoms with Gasteiger partial charge in [0.2, 0.25) is 0 Å². The average molecular weight is 315 g/mol. The Morgan fingerprint density at radius 2 is 2.00 bits per heavy atom. The van der Waals surface area contributed by atoms with Crippen LogP contribution in [-0.4, -0.2) is 31.0 Å². The zero-order valence-corrected chi connectivity index (χ0v) is 14.3. The number of para-hydroxylation sites is 1. The van der Waals surface area contributed by atoms with E-state index in [0.29, 0.717) is 23.9 Å². The van der Waals surface area contributed by atoms with Crippen LogP contribution in [0.3, 0.4) is 0 Å². The summed E-state index contributed by atoms with van der Waals surface area (Å²) < 4.78 is 5.52. The fourth-order valence-corrected chi connectivity index (χ4v) is 2.29. The van der Waals surface area contributed by atoms with Crippen molar-refractivity contribution in [1.82, 2.24) is 10.3 Å². The number of benzene rings is 1. The van der Waals surface area contributed by atoms with E-state index in [-0.39, 0.29) is 11.8 Å². The lowest BCUT2D eigenvalue weighted by Crippen LogP contribution is -2.28. The molecule has 0 aliphatic rings. The Balaban J connectivity index is 1.79. The van der Waals surface area contributed by atoms with Gasteiger partial charge >= 0.3 is 0 Å². The molecule has 23 heavy (non-hydrogen) atoms. The van der Waals surface area contributed by atoms with Gasteiger partial charge in [-0.2, -0.15) is 0 Å². The Bertz CT molecular complexity index is 635. The number of aromatic nitrogens is 1. The van der Waals surface area contributed by atoms with Gasteiger partial charge in [-0.3, -0.25) is 4.79 Å². The number of amides is 1. The topological polar surface area (TPSA) is 58.4 Å². The molecule has 0 bridgehead atoms. The quantitative estimate of drug-likeness (QED) is 0.796. The number of nitrogens with zero attached hydrogens (tertiary/aromatic N) is 2. The van der Waals surface area contributed by atoms with Crippen LogP contribution >= 0.6 is 0 Å². The zero-order valence-electron chi connectivity index (χ0n) is 14.3. The molecule has 0 aliphatic carbocycles. The average Bonchev–Trinajstić information content (AvgIpc) is 2.94. The Kier molecular flexibility index (Phi) is 5.79. The molecule has 5 nitrogen and oxygen atoms in total. The molecule has 0 fully saturated rings. The SMILES string of the molecule is Cc1oc(C(C)C)nc1C(=O)NCCCN(C)c1ccccc1. The first-order valence-electron chi connectivity index (χ1n) is 8.00. The Morgan fingerprint density at radius 3 is 2.61 bits per heavy atom. The molecule has 2 rings (SSSR count). The number of rotatable bonds is 7. The maximum absolute atomic E-state index is 12.2. The minimum atomic E-state index is -0.166. The zero-order chi connectivity index (χ0) is 16.8. The first-order chi connectivity index (χ1) is 11.0. The summed E-state index contributed by atoms with van der Waals surface area (Å²) in [7, 11) is 2.05. The molecule has 0 saturated carbocycles. The van der Waals surface area contributed by atoms with Crippen molar-refractivity contribution in [3.8, 4) is 0 Å². The predicted molar refractivity (Wildman–Crippen MR) is 92.0 cm³/mol. The van der Waals surface area contributed by atoms with Crippen LogP contribution in [0.2, 0.25) is 0 Å². The summed E-state index contributed by atoms with van der Waals surface area (Å²) >= 11 is 0. The molecule has 1 amide bonds. The number of anilines is 1. The molecule has 1 heterocycles. The van der Waals surface area contributed by atoms with Crippen LogP contribution in [0.1, 0.15) is 48.3 Å². The Hall–Kier alpha value is -2.30. The molecule has 1 aromatic heterocycles. The molecule has 0 atom stereocenters. The molecule has 1 N–H and O–H groups in total. The molecule has 2 aromatic rings. The summed E-state index contributed by atoms with van der Waals surface area (Å²) in [5.74, 6) is 1.19. The summed E-state index contributed by atoms with van der Waals surface area (Å²) in [5, 5.41) is 2.91. The summed E-state index contributed by atoms with van der Waals surface area (Å²) in [5.41, 5.74) is 1.57. The standard InChI is InChI=1S/C18H25N3O2/c1-13(2)18-20-16(14(3)23-18)17(22)19-11-8-12-21(4)15-9-6-5-7-10-15/h5-7,9-10,13H,8,11-12H2,1-4H3,(H,19,22). The normalized spacial score (nSPS) is 10.8. The molecular formula is C18H25N3O2. The highest BCUT2D eigenvalue weighted by molar-refractivity contribution is 5.93. The van der Waals surface area contributed by atoms with E-state index in [1.807, 2.05) is 39.1 Å². The van der Waals surface area contributed by atoms with Gasteiger partial charge in [0, 0.05) is 31.7 Å². The maximum Gasteiger partial charge on any atom is 0.273 e. The summed E-state index contributed by atoms with van der Waals surface area (Å²) in [6.45, 7) is 7.24. The second kappa shape index (κ2) is 7.81. The molecule has 0 radical (unpaired) electrons. The van der Waals surface area contributed by atoms with Crippen LogP contribution < -0.4 is 10.2 Å². The Labute approximate surface area is 137 Å². The Morgan fingerprint density at radius 1 is 1.30 bits per heavy atom. The van der Waals surface area contributed by atoms with Crippen LogP contribution in [0.15, 0.2) is 34.7 Å². The molecule has 0 spiro atoms. The van der Waals surface area contributed by atoms with Crippen molar-refractivity contribution < 1.29 is 9.21 Å². The van der Waals surface area contributed by atoms with Crippen molar-refractivity contribution in [3.05, 3.63) is 47.7 Å². The van der Waals surface area contributed by atoms with Gasteiger partial charge in [0.05, 0.1) is 0 Å². The van der Waals surface area contributed by atoms with Crippen LogP contribution in [0.25, 0.3) is 0 Å². The van der Waals surface area contributed by atoms with Gasteiger partial charge < -0.3 is 14.6 Å². The lowest BCUT2D eigenvalue weighted by molar-refractivity contribution is 0.0947. The molecule has 5 heteroatoms. The molecule has 124 valence electrons. The van der Waals surface area contributed by atoms with Gasteiger partial charge in [-0.1, -0.05) is 32.0 Å². The lowest BCUT2D eigenvalue weighted by Gasteiger charge is -2.19. The molecule has 0 aliphatic heterocycles. The number of aryl methyl sites for hydroxylation is 1. The third kappa shape index (κ3) is 4.58. The van der Waals surface area contributed by atoms with Crippen molar-refractivity contribution in [3.63, 3.8) is 0 Å². The summed E-state index contributed by atoms with van der Waals surface area (Å²) in [6.07, 6.45) is 0.866. The van der Waals surface area contributed by atoms with E-state index in [1.165, 1.54) is 5.69 Å². The number of oxazole rings is 1. The molecular weight excluding hydrogens is 290 g/mol. The fraction of sp³-hybridized carbons (Fsp3) is 0.444. The van der Waals surface area contributed by atoms with Crippen molar-refractivity contribution in [1.29, 1.82) is 0 Å². The minimum absolute atomic E-state index is 0.166. The largest absolute Gasteiger partial charge is 0.445 e. The first kappa shape index (κ1) is 17.1. The third-order valence-electron chi connectivity index (χ3n) is 3.67. The summed E-state index contributed by atoms with van der Waals surface area (Å²) in [4.78, 5) is 18.6. The van der Waals surface area contributed by atoms with Crippen molar-refractivity contribution >= 4 is 11.6 Å². The monoisotopic (exact) mass is 315 g/mol. The van der Waals surface area contributed by atoms with Crippen LogP contribution in [0.5, 0.6) is 0 Å². The summed E-state index contributed by atoms with van der Waals surface area (Å²) in [6, 6.07) is 10.2. The van der Waals surface area contributed by atoms with Crippen LogP contribution in [-0.2, 0) is 0 Å². The van der Waals surface area contributed by atoms with E-state index < -0.39 is 0 Å². The van der Waals surface area contributed by atoms with Crippen molar-refractivity contribution in [2.45, 2.75) is 33.1 Å². The van der Waals surface area contributed by atoms with E-state index in [1.54, 1.807) is 6.92 Å². The first-order valence-corrected chi connectivity index (χ1v) is 8.00. The molecule has 1 aromatic carbocycles. The third-order valence-corrected chi connectivity index (χ3v) is 3.67. The number of hydrogen-bond acceptors (Lipinski definition) is 4. The highest BCUT2D eigenvalue weighted by atomic mass is 16.4. The number of nitrogens with one attached hydrogen (secondary N) is 1. The van der Waals surface area contributed by atoms with Gasteiger partial charge in [0.15, 0.2) is 11.6 Å². The van der Waals surface area contributed by atoms with E-state index >= 15 is 0 Å². The molecule has 0 saturated heterocycles. The maximum atomic E-state index is 12.2. The van der Waals surface area contributed by atoms with E-state index in [2.05, 4.69) is 27.3 Å².